The van der Waals surface area contributed by atoms with Gasteiger partial charge in [-0.3, -0.25) is 4.90 Å². The van der Waals surface area contributed by atoms with Crippen LogP contribution in [0.5, 0.6) is 0 Å². The summed E-state index contributed by atoms with van der Waals surface area (Å²) < 4.78 is 5.43. The van der Waals surface area contributed by atoms with Gasteiger partial charge >= 0.3 is 0 Å². The highest BCUT2D eigenvalue weighted by atomic mass is 32.1. The van der Waals surface area contributed by atoms with Gasteiger partial charge in [0.2, 0.25) is 0 Å². The van der Waals surface area contributed by atoms with Crippen molar-refractivity contribution in [1.29, 1.82) is 0 Å². The third-order valence-electron chi connectivity index (χ3n) is 3.33. The molecule has 16 heavy (non-hydrogen) atoms. The lowest BCUT2D eigenvalue weighted by Gasteiger charge is -2.25. The molecule has 0 aliphatic heterocycles. The van der Waals surface area contributed by atoms with Gasteiger partial charge < -0.3 is 4.42 Å². The summed E-state index contributed by atoms with van der Waals surface area (Å²) in [5.41, 5.74) is 0. The van der Waals surface area contributed by atoms with Gasteiger partial charge in [0.25, 0.3) is 0 Å². The van der Waals surface area contributed by atoms with E-state index >= 15 is 0 Å². The fraction of sp³-hybridized carbons (Fsp3) is 0.692. The zero-order valence-corrected chi connectivity index (χ0v) is 10.8. The molecule has 0 N–H and O–H groups in total. The Balaban J connectivity index is 1.89. The summed E-state index contributed by atoms with van der Waals surface area (Å²) in [5.74, 6) is 2.78. The van der Waals surface area contributed by atoms with E-state index in [1.807, 2.05) is 6.07 Å². The first kappa shape index (κ1) is 12.1. The van der Waals surface area contributed by atoms with E-state index in [1.54, 1.807) is 6.26 Å². The van der Waals surface area contributed by atoms with Crippen molar-refractivity contribution in [2.24, 2.45) is 5.92 Å². The molecule has 0 saturated heterocycles. The summed E-state index contributed by atoms with van der Waals surface area (Å²) in [6.45, 7) is 4.37. The SMILES string of the molecule is CCC(CS)CN(Cc1ccco1)C1CC1. The zero-order valence-electron chi connectivity index (χ0n) is 9.93. The number of nitrogens with zero attached hydrogens (tertiary/aromatic N) is 1. The Labute approximate surface area is 103 Å². The van der Waals surface area contributed by atoms with Crippen LogP contribution < -0.4 is 0 Å². The van der Waals surface area contributed by atoms with Gasteiger partial charge in [-0.05, 0) is 36.6 Å². The largest absolute Gasteiger partial charge is 0.468 e. The molecule has 1 aromatic rings. The lowest BCUT2D eigenvalue weighted by atomic mass is 10.1. The number of hydrogen-bond donors (Lipinski definition) is 1. The van der Waals surface area contributed by atoms with Crippen molar-refractivity contribution in [3.05, 3.63) is 24.2 Å². The predicted molar refractivity (Wildman–Crippen MR) is 69.8 cm³/mol. The molecule has 0 radical (unpaired) electrons. The fourth-order valence-corrected chi connectivity index (χ4v) is 2.41. The van der Waals surface area contributed by atoms with E-state index in [9.17, 15) is 0 Å². The van der Waals surface area contributed by atoms with Crippen molar-refractivity contribution in [3.8, 4) is 0 Å². The van der Waals surface area contributed by atoms with Gasteiger partial charge in [-0.1, -0.05) is 13.3 Å². The molecule has 1 aliphatic rings. The molecule has 0 aromatic carbocycles. The molecular weight excluding hydrogens is 218 g/mol. The Morgan fingerprint density at radius 1 is 1.56 bits per heavy atom. The average molecular weight is 239 g/mol. The van der Waals surface area contributed by atoms with Gasteiger partial charge in [-0.15, -0.1) is 0 Å². The van der Waals surface area contributed by atoms with Crippen LogP contribution in [-0.4, -0.2) is 23.2 Å². The molecule has 90 valence electrons. The monoisotopic (exact) mass is 239 g/mol. The fourth-order valence-electron chi connectivity index (χ4n) is 2.03. The summed E-state index contributed by atoms with van der Waals surface area (Å²) in [5, 5.41) is 0. The van der Waals surface area contributed by atoms with Crippen LogP contribution in [0.3, 0.4) is 0 Å². The van der Waals surface area contributed by atoms with Crippen LogP contribution in [0, 0.1) is 5.92 Å². The van der Waals surface area contributed by atoms with Crippen molar-refractivity contribution in [3.63, 3.8) is 0 Å². The zero-order chi connectivity index (χ0) is 11.4. The second-order valence-corrected chi connectivity index (χ2v) is 5.06. The highest BCUT2D eigenvalue weighted by molar-refractivity contribution is 7.80. The molecular formula is C13H21NOS. The standard InChI is InChI=1S/C13H21NOS/c1-2-11(10-16)8-14(12-5-6-12)9-13-4-3-7-15-13/h3-4,7,11-12,16H,2,5-6,8-10H2,1H3. The number of furan rings is 1. The third-order valence-corrected chi connectivity index (χ3v) is 3.85. The summed E-state index contributed by atoms with van der Waals surface area (Å²) in [4.78, 5) is 2.56. The third kappa shape index (κ3) is 3.29. The molecule has 1 heterocycles. The molecule has 1 saturated carbocycles. The van der Waals surface area contributed by atoms with E-state index < -0.39 is 0 Å². The van der Waals surface area contributed by atoms with Crippen LogP contribution in [0.15, 0.2) is 22.8 Å². The average Bonchev–Trinajstić information content (AvgIpc) is 3.03. The highest BCUT2D eigenvalue weighted by Crippen LogP contribution is 2.29. The smallest absolute Gasteiger partial charge is 0.117 e. The minimum atomic E-state index is 0.707. The van der Waals surface area contributed by atoms with E-state index in [0.717, 1.165) is 30.6 Å². The molecule has 2 nitrogen and oxygen atoms in total. The molecule has 0 bridgehead atoms. The molecule has 1 unspecified atom stereocenters. The Morgan fingerprint density at radius 2 is 2.38 bits per heavy atom. The van der Waals surface area contributed by atoms with Crippen LogP contribution in [0.1, 0.15) is 31.9 Å². The molecule has 1 atom stereocenters. The molecule has 3 heteroatoms. The van der Waals surface area contributed by atoms with Crippen molar-refractivity contribution < 1.29 is 4.42 Å². The summed E-state index contributed by atoms with van der Waals surface area (Å²) >= 11 is 4.42. The molecule has 1 fully saturated rings. The van der Waals surface area contributed by atoms with E-state index in [1.165, 1.54) is 19.3 Å². The quantitative estimate of drug-likeness (QED) is 0.736. The second-order valence-electron chi connectivity index (χ2n) is 4.70. The minimum absolute atomic E-state index is 0.707. The lowest BCUT2D eigenvalue weighted by molar-refractivity contribution is 0.203. The van der Waals surface area contributed by atoms with Crippen LogP contribution in [0.4, 0.5) is 0 Å². The van der Waals surface area contributed by atoms with Crippen molar-refractivity contribution in [2.75, 3.05) is 12.3 Å². The first-order chi connectivity index (χ1) is 7.83. The second kappa shape index (κ2) is 5.78. The lowest BCUT2D eigenvalue weighted by Crippen LogP contribution is -2.31. The van der Waals surface area contributed by atoms with Crippen LogP contribution >= 0.6 is 12.6 Å². The van der Waals surface area contributed by atoms with Crippen LogP contribution in [0.25, 0.3) is 0 Å². The molecule has 0 amide bonds. The number of thiol groups is 1. The van der Waals surface area contributed by atoms with Gasteiger partial charge in [0.1, 0.15) is 5.76 Å². The molecule has 1 aromatic heterocycles. The Hall–Kier alpha value is -0.410. The summed E-state index contributed by atoms with van der Waals surface area (Å²) in [7, 11) is 0. The maximum Gasteiger partial charge on any atom is 0.117 e. The number of hydrogen-bond acceptors (Lipinski definition) is 3. The van der Waals surface area contributed by atoms with Crippen LogP contribution in [0.2, 0.25) is 0 Å². The van der Waals surface area contributed by atoms with Crippen LogP contribution in [-0.2, 0) is 6.54 Å². The van der Waals surface area contributed by atoms with E-state index in [2.05, 4.69) is 30.5 Å². The Bertz CT molecular complexity index is 291. The molecule has 1 aliphatic carbocycles. The normalized spacial score (nSPS) is 17.9. The first-order valence-electron chi connectivity index (χ1n) is 6.20. The van der Waals surface area contributed by atoms with Gasteiger partial charge in [-0.2, -0.15) is 12.6 Å². The van der Waals surface area contributed by atoms with E-state index in [0.29, 0.717) is 5.92 Å². The van der Waals surface area contributed by atoms with Crippen molar-refractivity contribution in [2.45, 2.75) is 38.8 Å². The van der Waals surface area contributed by atoms with E-state index in [4.69, 9.17) is 4.42 Å². The van der Waals surface area contributed by atoms with Gasteiger partial charge in [0, 0.05) is 12.6 Å². The van der Waals surface area contributed by atoms with Crippen molar-refractivity contribution in [1.82, 2.24) is 4.90 Å². The van der Waals surface area contributed by atoms with Gasteiger partial charge in [0.15, 0.2) is 0 Å². The predicted octanol–water partition coefficient (Wildman–Crippen LogP) is 3.20. The van der Waals surface area contributed by atoms with Crippen molar-refractivity contribution >= 4 is 12.6 Å². The van der Waals surface area contributed by atoms with E-state index in [-0.39, 0.29) is 0 Å². The molecule has 2 rings (SSSR count). The summed E-state index contributed by atoms with van der Waals surface area (Å²) in [6.07, 6.45) is 5.68. The maximum absolute atomic E-state index is 5.43. The first-order valence-corrected chi connectivity index (χ1v) is 6.84. The van der Waals surface area contributed by atoms with Gasteiger partial charge in [0.05, 0.1) is 12.8 Å². The minimum Gasteiger partial charge on any atom is -0.468 e. The van der Waals surface area contributed by atoms with Gasteiger partial charge in [-0.25, -0.2) is 0 Å². The topological polar surface area (TPSA) is 16.4 Å². The molecule has 0 spiro atoms. The number of rotatable bonds is 7. The highest BCUT2D eigenvalue weighted by Gasteiger charge is 2.30. The Kier molecular flexibility index (Phi) is 4.36. The maximum atomic E-state index is 5.43. The summed E-state index contributed by atoms with van der Waals surface area (Å²) in [6, 6.07) is 4.83. The Morgan fingerprint density at radius 3 is 2.88 bits per heavy atom.